The summed E-state index contributed by atoms with van der Waals surface area (Å²) >= 11 is 6.34. The maximum Gasteiger partial charge on any atom is 0.338 e. The number of ketones is 1. The molecule has 0 aromatic heterocycles. The van der Waals surface area contributed by atoms with Gasteiger partial charge in [-0.25, -0.2) is 9.18 Å². The number of nitrogens with zero attached hydrogens (tertiary/aromatic N) is 1. The molecule has 0 radical (unpaired) electrons. The van der Waals surface area contributed by atoms with E-state index >= 15 is 0 Å². The smallest absolute Gasteiger partial charge is 0.338 e. The number of esters is 2. The van der Waals surface area contributed by atoms with Gasteiger partial charge in [-0.05, 0) is 60.0 Å². The Morgan fingerprint density at radius 3 is 2.29 bits per heavy atom. The molecule has 1 heterocycles. The first-order valence-electron chi connectivity index (χ1n) is 13.1. The lowest BCUT2D eigenvalue weighted by molar-refractivity contribution is -0.150. The van der Waals surface area contributed by atoms with Crippen molar-refractivity contribution in [3.8, 4) is 5.75 Å². The van der Waals surface area contributed by atoms with Gasteiger partial charge in [0.15, 0.2) is 5.78 Å². The molecule has 8 nitrogen and oxygen atoms in total. The summed E-state index contributed by atoms with van der Waals surface area (Å²) in [5.41, 5.74) is 8.75. The molecule has 0 saturated carbocycles. The second-order valence-electron chi connectivity index (χ2n) is 9.90. The van der Waals surface area contributed by atoms with Crippen molar-refractivity contribution >= 4 is 35.0 Å². The first kappa shape index (κ1) is 28.9. The Hall–Kier alpha value is -4.63. The van der Waals surface area contributed by atoms with Gasteiger partial charge in [-0.3, -0.25) is 14.5 Å². The van der Waals surface area contributed by atoms with Crippen molar-refractivity contribution in [1.82, 2.24) is 0 Å². The Balaban J connectivity index is 1.82. The fourth-order valence-electron chi connectivity index (χ4n) is 5.83. The first-order chi connectivity index (χ1) is 20.2. The monoisotopic (exact) mass is 590 g/mol. The van der Waals surface area contributed by atoms with Crippen LogP contribution in [0.25, 0.3) is 0 Å². The molecule has 216 valence electrons. The van der Waals surface area contributed by atoms with Crippen LogP contribution in [0.15, 0.2) is 95.5 Å². The fraction of sp³-hybridized carbons (Fsp3) is 0.219. The van der Waals surface area contributed by atoms with Crippen LogP contribution in [0.3, 0.4) is 0 Å². The molecule has 3 aromatic carbocycles. The summed E-state index contributed by atoms with van der Waals surface area (Å²) in [6, 6.07) is 19.4. The minimum Gasteiger partial charge on any atom is -0.497 e. The van der Waals surface area contributed by atoms with Gasteiger partial charge >= 0.3 is 11.9 Å². The van der Waals surface area contributed by atoms with E-state index in [2.05, 4.69) is 0 Å². The van der Waals surface area contributed by atoms with E-state index in [1.807, 2.05) is 0 Å². The number of rotatable bonds is 6. The molecule has 42 heavy (non-hydrogen) atoms. The third-order valence-corrected chi connectivity index (χ3v) is 7.93. The fourth-order valence-corrected chi connectivity index (χ4v) is 6.03. The lowest BCUT2D eigenvalue weighted by atomic mass is 9.67. The van der Waals surface area contributed by atoms with Crippen LogP contribution in [0, 0.1) is 11.7 Å². The summed E-state index contributed by atoms with van der Waals surface area (Å²) in [4.78, 5) is 42.7. The lowest BCUT2D eigenvalue weighted by Crippen LogP contribution is -2.46. The molecule has 3 atom stereocenters. The topological polar surface area (TPSA) is 108 Å². The zero-order chi connectivity index (χ0) is 30.1. The van der Waals surface area contributed by atoms with Gasteiger partial charge in [-0.2, -0.15) is 0 Å². The van der Waals surface area contributed by atoms with Crippen LogP contribution in [-0.4, -0.2) is 39.1 Å². The van der Waals surface area contributed by atoms with E-state index in [0.717, 1.165) is 0 Å². The van der Waals surface area contributed by atoms with E-state index in [1.54, 1.807) is 54.6 Å². The Morgan fingerprint density at radius 2 is 1.67 bits per heavy atom. The van der Waals surface area contributed by atoms with Gasteiger partial charge in [-0.15, -0.1) is 0 Å². The Bertz CT molecular complexity index is 1630. The number of allylic oxidation sites excluding steroid dienone is 2. The highest BCUT2D eigenvalue weighted by atomic mass is 35.5. The number of anilines is 1. The van der Waals surface area contributed by atoms with Gasteiger partial charge < -0.3 is 19.9 Å². The molecule has 0 amide bonds. The van der Waals surface area contributed by atoms with Crippen LogP contribution in [-0.2, 0) is 23.9 Å². The van der Waals surface area contributed by atoms with Crippen molar-refractivity contribution in [2.75, 3.05) is 26.2 Å². The molecule has 10 heteroatoms. The highest BCUT2D eigenvalue weighted by molar-refractivity contribution is 6.30. The zero-order valence-corrected chi connectivity index (χ0v) is 23.9. The van der Waals surface area contributed by atoms with Crippen molar-refractivity contribution < 1.29 is 33.0 Å². The van der Waals surface area contributed by atoms with Crippen LogP contribution in [0.4, 0.5) is 10.1 Å². The van der Waals surface area contributed by atoms with Gasteiger partial charge in [0.1, 0.15) is 23.3 Å². The largest absolute Gasteiger partial charge is 0.497 e. The molecule has 0 spiro atoms. The molecule has 2 N–H and O–H groups in total. The van der Waals surface area contributed by atoms with Gasteiger partial charge in [0.25, 0.3) is 0 Å². The minimum atomic E-state index is -1.24. The molecule has 0 saturated heterocycles. The lowest BCUT2D eigenvalue weighted by Gasteiger charge is -2.44. The molecular formula is C32H28ClFN2O6. The molecule has 0 unspecified atom stereocenters. The summed E-state index contributed by atoms with van der Waals surface area (Å²) < 4.78 is 30.1. The molecular weight excluding hydrogens is 563 g/mol. The van der Waals surface area contributed by atoms with E-state index in [1.165, 1.54) is 44.4 Å². The Labute approximate surface area is 247 Å². The summed E-state index contributed by atoms with van der Waals surface area (Å²) in [5.74, 6) is -4.97. The van der Waals surface area contributed by atoms with Crippen molar-refractivity contribution in [3.63, 3.8) is 0 Å². The van der Waals surface area contributed by atoms with Gasteiger partial charge in [0, 0.05) is 22.2 Å². The van der Waals surface area contributed by atoms with Crippen LogP contribution in [0.2, 0.25) is 5.02 Å². The summed E-state index contributed by atoms with van der Waals surface area (Å²) in [6.07, 6.45) is 0.135. The van der Waals surface area contributed by atoms with Gasteiger partial charge in [0.2, 0.25) is 0 Å². The highest BCUT2D eigenvalue weighted by Gasteiger charge is 2.51. The second-order valence-corrected chi connectivity index (χ2v) is 10.3. The molecule has 1 aliphatic carbocycles. The predicted molar refractivity (Wildman–Crippen MR) is 154 cm³/mol. The second kappa shape index (κ2) is 11.7. The van der Waals surface area contributed by atoms with E-state index in [0.29, 0.717) is 33.3 Å². The number of nitrogens with two attached hydrogens (primary N) is 1. The van der Waals surface area contributed by atoms with Crippen molar-refractivity contribution in [3.05, 3.63) is 117 Å². The van der Waals surface area contributed by atoms with E-state index in [-0.39, 0.29) is 23.4 Å². The van der Waals surface area contributed by atoms with Crippen LogP contribution in [0.1, 0.15) is 29.4 Å². The average Bonchev–Trinajstić information content (AvgIpc) is 2.99. The molecule has 5 rings (SSSR count). The summed E-state index contributed by atoms with van der Waals surface area (Å²) in [5, 5.41) is 0.369. The van der Waals surface area contributed by atoms with Crippen LogP contribution < -0.4 is 15.4 Å². The average molecular weight is 591 g/mol. The maximum atomic E-state index is 14.6. The van der Waals surface area contributed by atoms with Crippen LogP contribution in [0.5, 0.6) is 5.75 Å². The molecule has 0 fully saturated rings. The Morgan fingerprint density at radius 1 is 0.952 bits per heavy atom. The third-order valence-electron chi connectivity index (χ3n) is 7.69. The van der Waals surface area contributed by atoms with Crippen LogP contribution >= 0.6 is 11.6 Å². The van der Waals surface area contributed by atoms with Crippen molar-refractivity contribution in [1.29, 1.82) is 0 Å². The summed E-state index contributed by atoms with van der Waals surface area (Å²) in [7, 11) is 3.96. The van der Waals surface area contributed by atoms with E-state index in [9.17, 15) is 18.8 Å². The number of ether oxygens (including phenoxy) is 3. The standard InChI is InChI=1S/C32H28ClFN2O6/c1-40-22-12-10-17(11-13-22)23-16-24-27(29(37)26(23)31(38)41-2)25(18-6-4-7-19(33)14-18)28(32(39)42-3)30(35)36(24)21-9-5-8-20(34)15-21/h4-15,23,25-26H,16,35H2,1-3H3/t23-,25+,26-/m1/s1. The van der Waals surface area contributed by atoms with Crippen molar-refractivity contribution in [2.24, 2.45) is 11.7 Å². The quantitative estimate of drug-likeness (QED) is 0.307. The number of hydrogen-bond donors (Lipinski definition) is 1. The first-order valence-corrected chi connectivity index (χ1v) is 13.5. The number of Topliss-reactive ketones (excluding diaryl/α,β-unsaturated/α-hetero) is 1. The predicted octanol–water partition coefficient (Wildman–Crippen LogP) is 5.23. The summed E-state index contributed by atoms with van der Waals surface area (Å²) in [6.45, 7) is 0. The number of carbonyl (C=O) groups is 3. The number of carbonyl (C=O) groups excluding carboxylic acids is 3. The van der Waals surface area contributed by atoms with E-state index in [4.69, 9.17) is 31.5 Å². The minimum absolute atomic E-state index is 0.0334. The number of halogens is 2. The van der Waals surface area contributed by atoms with E-state index < -0.39 is 41.3 Å². The van der Waals surface area contributed by atoms with Gasteiger partial charge in [-0.1, -0.05) is 41.9 Å². The zero-order valence-electron chi connectivity index (χ0n) is 23.1. The highest BCUT2D eigenvalue weighted by Crippen LogP contribution is 2.51. The molecule has 3 aromatic rings. The molecule has 1 aliphatic heterocycles. The number of methoxy groups -OCH3 is 3. The Kier molecular flexibility index (Phi) is 8.04. The third kappa shape index (κ3) is 5.00. The molecule has 0 bridgehead atoms. The maximum absolute atomic E-state index is 14.6. The SMILES string of the molecule is COC(=O)C1=C(N)N(c2cccc(F)c2)C2=C(C(=O)[C@H](C(=O)OC)[C@@H](c3ccc(OC)cc3)C2)[C@@H]1c1cccc(Cl)c1. The number of hydrogen-bond acceptors (Lipinski definition) is 8. The normalized spacial score (nSPS) is 20.3. The van der Waals surface area contributed by atoms with Crippen molar-refractivity contribution in [2.45, 2.75) is 18.3 Å². The van der Waals surface area contributed by atoms with Gasteiger partial charge in [0.05, 0.1) is 38.5 Å². The molecule has 2 aliphatic rings. The number of benzene rings is 3.